The Kier molecular flexibility index (Phi) is 5.48. The van der Waals surface area contributed by atoms with Gasteiger partial charge >= 0.3 is 0 Å². The van der Waals surface area contributed by atoms with Gasteiger partial charge in [-0.15, -0.1) is 0 Å². The molecule has 6 heteroatoms. The van der Waals surface area contributed by atoms with Crippen LogP contribution in [0, 0.1) is 5.82 Å². The zero-order valence-corrected chi connectivity index (χ0v) is 16.5. The van der Waals surface area contributed by atoms with Crippen LogP contribution in [0.5, 0.6) is 5.75 Å². The maximum Gasteiger partial charge on any atom is 0.253 e. The van der Waals surface area contributed by atoms with Crippen molar-refractivity contribution in [1.29, 1.82) is 0 Å². The summed E-state index contributed by atoms with van der Waals surface area (Å²) in [6.45, 7) is 3.98. The molecule has 144 valence electrons. The fraction of sp³-hybridized carbons (Fsp3) is 0.273. The number of halogens is 1. The summed E-state index contributed by atoms with van der Waals surface area (Å²) < 4.78 is 19.1. The minimum Gasteiger partial charge on any atom is -0.493 e. The molecule has 28 heavy (non-hydrogen) atoms. The summed E-state index contributed by atoms with van der Waals surface area (Å²) in [7, 11) is 0. The van der Waals surface area contributed by atoms with Crippen molar-refractivity contribution < 1.29 is 13.9 Å². The number of benzene rings is 2. The van der Waals surface area contributed by atoms with Crippen LogP contribution in [0.3, 0.4) is 0 Å². The fourth-order valence-electron chi connectivity index (χ4n) is 3.32. The lowest BCUT2D eigenvalue weighted by Crippen LogP contribution is -2.37. The van der Waals surface area contributed by atoms with E-state index in [0.717, 1.165) is 41.1 Å². The topological polar surface area (TPSA) is 42.4 Å². The molecular weight excluding hydrogens is 375 g/mol. The molecule has 0 saturated carbocycles. The highest BCUT2D eigenvalue weighted by atomic mass is 32.2. The average molecular weight is 396 g/mol. The normalized spacial score (nSPS) is 14.3. The molecule has 0 radical (unpaired) electrons. The first-order chi connectivity index (χ1) is 13.7. The van der Waals surface area contributed by atoms with Crippen molar-refractivity contribution in [1.82, 2.24) is 9.88 Å². The zero-order chi connectivity index (χ0) is 19.5. The lowest BCUT2D eigenvalue weighted by atomic mass is 10.1. The molecule has 4 nitrogen and oxygen atoms in total. The first-order valence-corrected chi connectivity index (χ1v) is 10.5. The third kappa shape index (κ3) is 3.83. The summed E-state index contributed by atoms with van der Waals surface area (Å²) in [5.41, 5.74) is 2.92. The van der Waals surface area contributed by atoms with Gasteiger partial charge in [-0.1, -0.05) is 0 Å². The van der Waals surface area contributed by atoms with Crippen LogP contribution in [-0.4, -0.2) is 47.0 Å². The van der Waals surface area contributed by atoms with Gasteiger partial charge < -0.3 is 9.64 Å². The molecule has 0 N–H and O–H groups in total. The van der Waals surface area contributed by atoms with Crippen molar-refractivity contribution in [3.63, 3.8) is 0 Å². The van der Waals surface area contributed by atoms with Gasteiger partial charge in [0.1, 0.15) is 11.6 Å². The molecule has 1 saturated heterocycles. The number of carbonyl (C=O) groups excluding carboxylic acids is 1. The maximum absolute atomic E-state index is 13.2. The SMILES string of the molecule is CCOc1cc(-c2ccc(F)cc2)nc2ccc(C(=O)N3CCSCC3)cc12. The van der Waals surface area contributed by atoms with Gasteiger partial charge in [0.15, 0.2) is 0 Å². The molecule has 0 spiro atoms. The van der Waals surface area contributed by atoms with Crippen molar-refractivity contribution >= 4 is 28.6 Å². The van der Waals surface area contributed by atoms with Gasteiger partial charge in [-0.2, -0.15) is 11.8 Å². The van der Waals surface area contributed by atoms with Crippen LogP contribution in [0.15, 0.2) is 48.5 Å². The molecular formula is C22H21FN2O2S. The van der Waals surface area contributed by atoms with Gasteiger partial charge in [-0.3, -0.25) is 4.79 Å². The quantitative estimate of drug-likeness (QED) is 0.645. The Morgan fingerprint density at radius 1 is 1.14 bits per heavy atom. The molecule has 0 unspecified atom stereocenters. The van der Waals surface area contributed by atoms with E-state index < -0.39 is 0 Å². The van der Waals surface area contributed by atoms with Crippen LogP contribution in [0.1, 0.15) is 17.3 Å². The second kappa shape index (κ2) is 8.19. The van der Waals surface area contributed by atoms with E-state index in [1.54, 1.807) is 12.1 Å². The van der Waals surface area contributed by atoms with E-state index in [-0.39, 0.29) is 11.7 Å². The van der Waals surface area contributed by atoms with Gasteiger partial charge in [0.25, 0.3) is 5.91 Å². The molecule has 1 aliphatic rings. The number of pyridine rings is 1. The second-order valence-electron chi connectivity index (χ2n) is 6.58. The van der Waals surface area contributed by atoms with Gasteiger partial charge in [-0.25, -0.2) is 9.37 Å². The Morgan fingerprint density at radius 2 is 1.89 bits per heavy atom. The molecule has 2 heterocycles. The van der Waals surface area contributed by atoms with E-state index in [9.17, 15) is 9.18 Å². The highest BCUT2D eigenvalue weighted by molar-refractivity contribution is 7.99. The first kappa shape index (κ1) is 18.7. The molecule has 1 aliphatic heterocycles. The van der Waals surface area contributed by atoms with Crippen molar-refractivity contribution in [2.45, 2.75) is 6.92 Å². The molecule has 1 amide bonds. The Bertz CT molecular complexity index is 1000. The van der Waals surface area contributed by atoms with E-state index in [2.05, 4.69) is 0 Å². The van der Waals surface area contributed by atoms with Gasteiger partial charge in [-0.05, 0) is 49.4 Å². The van der Waals surface area contributed by atoms with Crippen LogP contribution >= 0.6 is 11.8 Å². The lowest BCUT2D eigenvalue weighted by molar-refractivity contribution is 0.0772. The highest BCUT2D eigenvalue weighted by Gasteiger charge is 2.19. The van der Waals surface area contributed by atoms with E-state index in [1.807, 2.05) is 47.9 Å². The third-order valence-corrected chi connectivity index (χ3v) is 5.70. The monoisotopic (exact) mass is 396 g/mol. The lowest BCUT2D eigenvalue weighted by Gasteiger charge is -2.26. The minimum atomic E-state index is -0.283. The van der Waals surface area contributed by atoms with E-state index in [1.165, 1.54) is 12.1 Å². The largest absolute Gasteiger partial charge is 0.493 e. The molecule has 1 fully saturated rings. The average Bonchev–Trinajstić information content (AvgIpc) is 2.74. The molecule has 2 aromatic carbocycles. The highest BCUT2D eigenvalue weighted by Crippen LogP contribution is 2.31. The van der Waals surface area contributed by atoms with Crippen molar-refractivity contribution in [2.24, 2.45) is 0 Å². The number of hydrogen-bond donors (Lipinski definition) is 0. The summed E-state index contributed by atoms with van der Waals surface area (Å²) >= 11 is 1.88. The van der Waals surface area contributed by atoms with E-state index in [4.69, 9.17) is 9.72 Å². The predicted molar refractivity (Wildman–Crippen MR) is 112 cm³/mol. The van der Waals surface area contributed by atoms with Crippen LogP contribution in [-0.2, 0) is 0 Å². The molecule has 1 aromatic heterocycles. The third-order valence-electron chi connectivity index (χ3n) is 4.76. The Balaban J connectivity index is 1.75. The summed E-state index contributed by atoms with van der Waals surface area (Å²) in [5.74, 6) is 2.40. The molecule has 0 aliphatic carbocycles. The Hall–Kier alpha value is -2.60. The van der Waals surface area contributed by atoms with Crippen molar-refractivity contribution in [2.75, 3.05) is 31.2 Å². The number of fused-ring (bicyclic) bond motifs is 1. The zero-order valence-electron chi connectivity index (χ0n) is 15.7. The predicted octanol–water partition coefficient (Wildman–Crippen LogP) is 4.63. The summed E-state index contributed by atoms with van der Waals surface area (Å²) in [6.07, 6.45) is 0. The fourth-order valence-corrected chi connectivity index (χ4v) is 4.22. The molecule has 4 rings (SSSR count). The number of aromatic nitrogens is 1. The number of rotatable bonds is 4. The Morgan fingerprint density at radius 3 is 2.61 bits per heavy atom. The maximum atomic E-state index is 13.2. The van der Waals surface area contributed by atoms with Crippen LogP contribution in [0.4, 0.5) is 4.39 Å². The number of hydrogen-bond acceptors (Lipinski definition) is 4. The van der Waals surface area contributed by atoms with Gasteiger partial charge in [0.2, 0.25) is 0 Å². The minimum absolute atomic E-state index is 0.0484. The van der Waals surface area contributed by atoms with E-state index >= 15 is 0 Å². The van der Waals surface area contributed by atoms with Gasteiger partial charge in [0, 0.05) is 47.2 Å². The number of amides is 1. The number of ether oxygens (including phenoxy) is 1. The molecule has 0 bridgehead atoms. The number of carbonyl (C=O) groups is 1. The van der Waals surface area contributed by atoms with E-state index in [0.29, 0.717) is 23.6 Å². The van der Waals surface area contributed by atoms with Crippen LogP contribution < -0.4 is 4.74 Å². The standard InChI is InChI=1S/C22H21FN2O2S/c1-2-27-21-14-20(15-3-6-17(23)7-4-15)24-19-8-5-16(13-18(19)21)22(26)25-9-11-28-12-10-25/h3-8,13-14H,2,9-12H2,1H3. The van der Waals surface area contributed by atoms with Crippen LogP contribution in [0.2, 0.25) is 0 Å². The molecule has 3 aromatic rings. The first-order valence-electron chi connectivity index (χ1n) is 9.36. The number of nitrogens with zero attached hydrogens (tertiary/aromatic N) is 2. The Labute approximate surface area is 167 Å². The summed E-state index contributed by atoms with van der Waals surface area (Å²) in [4.78, 5) is 19.5. The van der Waals surface area contributed by atoms with Crippen LogP contribution in [0.25, 0.3) is 22.2 Å². The van der Waals surface area contributed by atoms with Gasteiger partial charge in [0.05, 0.1) is 17.8 Å². The summed E-state index contributed by atoms with van der Waals surface area (Å²) in [5, 5.41) is 0.810. The smallest absolute Gasteiger partial charge is 0.253 e. The molecule has 0 atom stereocenters. The second-order valence-corrected chi connectivity index (χ2v) is 7.81. The number of thioether (sulfide) groups is 1. The van der Waals surface area contributed by atoms with Crippen molar-refractivity contribution in [3.8, 4) is 17.0 Å². The summed E-state index contributed by atoms with van der Waals surface area (Å²) in [6, 6.07) is 13.6. The van der Waals surface area contributed by atoms with Crippen molar-refractivity contribution in [3.05, 3.63) is 59.9 Å².